The van der Waals surface area contributed by atoms with Crippen LogP contribution in [0.2, 0.25) is 0 Å². The van der Waals surface area contributed by atoms with Crippen molar-refractivity contribution in [1.29, 1.82) is 0 Å². The highest BCUT2D eigenvalue weighted by molar-refractivity contribution is 5.97. The average Bonchev–Trinajstić information content (AvgIpc) is 2.68. The fraction of sp³-hybridized carbons (Fsp3) is 0.222. The smallest absolute Gasteiger partial charge is 0.332 e. The Labute approximate surface area is 80.1 Å². The fourth-order valence-corrected chi connectivity index (χ4v) is 1.15. The van der Waals surface area contributed by atoms with Gasteiger partial charge in [-0.25, -0.2) is 9.79 Å². The lowest BCUT2D eigenvalue weighted by Gasteiger charge is -1.98. The Bertz CT molecular complexity index is 375. The van der Waals surface area contributed by atoms with Crippen molar-refractivity contribution in [3.63, 3.8) is 0 Å². The first-order chi connectivity index (χ1) is 6.77. The van der Waals surface area contributed by atoms with E-state index in [2.05, 4.69) is 9.98 Å². The van der Waals surface area contributed by atoms with Crippen LogP contribution in [0.3, 0.4) is 0 Å². The summed E-state index contributed by atoms with van der Waals surface area (Å²) >= 11 is 0. The molecule has 1 N–H and O–H groups in total. The minimum Gasteiger partial charge on any atom is -0.480 e. The summed E-state index contributed by atoms with van der Waals surface area (Å²) in [5.41, 5.74) is 0.753. The Balaban J connectivity index is 2.22. The molecule has 0 aliphatic carbocycles. The van der Waals surface area contributed by atoms with E-state index >= 15 is 0 Å². The van der Waals surface area contributed by atoms with Crippen molar-refractivity contribution in [2.45, 2.75) is 6.04 Å². The van der Waals surface area contributed by atoms with Crippen LogP contribution >= 0.6 is 0 Å². The van der Waals surface area contributed by atoms with Gasteiger partial charge in [-0.3, -0.25) is 4.98 Å². The molecular formula is C9H8N2O3. The second-order valence-electron chi connectivity index (χ2n) is 2.84. The topological polar surface area (TPSA) is 71.8 Å². The molecule has 1 aromatic heterocycles. The van der Waals surface area contributed by atoms with Gasteiger partial charge in [-0.05, 0) is 12.1 Å². The normalized spacial score (nSPS) is 20.0. The minimum atomic E-state index is -0.964. The van der Waals surface area contributed by atoms with Gasteiger partial charge < -0.3 is 9.84 Å². The predicted octanol–water partition coefficient (Wildman–Crippen LogP) is 0.312. The van der Waals surface area contributed by atoms with Crippen molar-refractivity contribution in [3.05, 3.63) is 30.1 Å². The highest BCUT2D eigenvalue weighted by Crippen LogP contribution is 2.11. The molecule has 5 nitrogen and oxygen atoms in total. The van der Waals surface area contributed by atoms with Crippen molar-refractivity contribution >= 4 is 11.9 Å². The number of hydrogen-bond donors (Lipinski definition) is 1. The van der Waals surface area contributed by atoms with E-state index in [1.54, 1.807) is 24.5 Å². The third-order valence-corrected chi connectivity index (χ3v) is 1.86. The summed E-state index contributed by atoms with van der Waals surface area (Å²) in [5.74, 6) is -0.589. The number of aliphatic imine (C=N–C) groups is 1. The summed E-state index contributed by atoms with van der Waals surface area (Å²) < 4.78 is 5.15. The molecule has 2 rings (SSSR count). The van der Waals surface area contributed by atoms with Crippen LogP contribution in [0.5, 0.6) is 0 Å². The number of rotatable bonds is 2. The molecule has 1 aliphatic rings. The summed E-state index contributed by atoms with van der Waals surface area (Å²) in [6.45, 7) is 0.104. The number of ether oxygens (including phenoxy) is 1. The lowest BCUT2D eigenvalue weighted by Crippen LogP contribution is -2.18. The van der Waals surface area contributed by atoms with Crippen LogP contribution in [0.1, 0.15) is 5.56 Å². The molecule has 1 atom stereocenters. The van der Waals surface area contributed by atoms with E-state index in [9.17, 15) is 4.79 Å². The van der Waals surface area contributed by atoms with Crippen LogP contribution < -0.4 is 0 Å². The number of aromatic nitrogens is 1. The van der Waals surface area contributed by atoms with Gasteiger partial charge >= 0.3 is 5.97 Å². The SMILES string of the molecule is O=C(O)C1COC(c2ccncc2)=N1. The second kappa shape index (κ2) is 3.45. The Hall–Kier alpha value is -1.91. The molecule has 5 heteroatoms. The summed E-state index contributed by atoms with van der Waals surface area (Å²) in [6, 6.07) is 2.67. The monoisotopic (exact) mass is 192 g/mol. The lowest BCUT2D eigenvalue weighted by atomic mass is 10.3. The van der Waals surface area contributed by atoms with Gasteiger partial charge in [0.2, 0.25) is 5.90 Å². The minimum absolute atomic E-state index is 0.104. The van der Waals surface area contributed by atoms with Crippen molar-refractivity contribution in [2.24, 2.45) is 4.99 Å². The highest BCUT2D eigenvalue weighted by Gasteiger charge is 2.25. The Morgan fingerprint density at radius 3 is 2.79 bits per heavy atom. The molecule has 14 heavy (non-hydrogen) atoms. The molecule has 0 bridgehead atoms. The summed E-state index contributed by atoms with van der Waals surface area (Å²) in [4.78, 5) is 18.3. The standard InChI is InChI=1S/C9H8N2O3/c12-9(13)7-5-14-8(11-7)6-1-3-10-4-2-6/h1-4,7H,5H2,(H,12,13). The van der Waals surface area contributed by atoms with E-state index in [4.69, 9.17) is 9.84 Å². The molecule has 0 amide bonds. The number of hydrogen-bond acceptors (Lipinski definition) is 4. The van der Waals surface area contributed by atoms with Crippen LogP contribution in [0.25, 0.3) is 0 Å². The molecular weight excluding hydrogens is 184 g/mol. The first-order valence-corrected chi connectivity index (χ1v) is 4.11. The van der Waals surface area contributed by atoms with Gasteiger partial charge in [0.15, 0.2) is 6.04 Å². The van der Waals surface area contributed by atoms with Crippen LogP contribution in [-0.4, -0.2) is 34.6 Å². The summed E-state index contributed by atoms with van der Waals surface area (Å²) in [5, 5.41) is 8.68. The van der Waals surface area contributed by atoms with Crippen molar-refractivity contribution in [3.8, 4) is 0 Å². The molecule has 0 radical (unpaired) electrons. The van der Waals surface area contributed by atoms with Gasteiger partial charge in [-0.1, -0.05) is 0 Å². The number of nitrogens with zero attached hydrogens (tertiary/aromatic N) is 2. The largest absolute Gasteiger partial charge is 0.480 e. The maximum absolute atomic E-state index is 10.6. The molecule has 1 aromatic rings. The zero-order valence-corrected chi connectivity index (χ0v) is 7.25. The molecule has 2 heterocycles. The third kappa shape index (κ3) is 1.56. The molecule has 0 saturated heterocycles. The Kier molecular flexibility index (Phi) is 2.14. The van der Waals surface area contributed by atoms with Crippen LogP contribution in [0, 0.1) is 0 Å². The third-order valence-electron chi connectivity index (χ3n) is 1.86. The number of carboxylic acids is 1. The quantitative estimate of drug-likeness (QED) is 0.732. The first-order valence-electron chi connectivity index (χ1n) is 4.11. The van der Waals surface area contributed by atoms with Crippen LogP contribution in [-0.2, 0) is 9.53 Å². The number of carbonyl (C=O) groups is 1. The zero-order chi connectivity index (χ0) is 9.97. The average molecular weight is 192 g/mol. The molecule has 1 aliphatic heterocycles. The van der Waals surface area contributed by atoms with E-state index in [0.717, 1.165) is 5.56 Å². The summed E-state index contributed by atoms with van der Waals surface area (Å²) in [7, 11) is 0. The maximum atomic E-state index is 10.6. The first kappa shape index (κ1) is 8.68. The van der Waals surface area contributed by atoms with Crippen molar-refractivity contribution < 1.29 is 14.6 Å². The predicted molar refractivity (Wildman–Crippen MR) is 48.1 cm³/mol. The molecule has 72 valence electrons. The maximum Gasteiger partial charge on any atom is 0.332 e. The van der Waals surface area contributed by atoms with E-state index in [1.165, 1.54) is 0 Å². The Morgan fingerprint density at radius 1 is 1.50 bits per heavy atom. The van der Waals surface area contributed by atoms with E-state index < -0.39 is 12.0 Å². The fourth-order valence-electron chi connectivity index (χ4n) is 1.15. The zero-order valence-electron chi connectivity index (χ0n) is 7.25. The number of aliphatic carboxylic acids is 1. The van der Waals surface area contributed by atoms with Crippen molar-refractivity contribution in [1.82, 2.24) is 4.98 Å². The number of pyridine rings is 1. The molecule has 0 spiro atoms. The molecule has 0 fully saturated rings. The lowest BCUT2D eigenvalue weighted by molar-refractivity contribution is -0.138. The van der Waals surface area contributed by atoms with Crippen molar-refractivity contribution in [2.75, 3.05) is 6.61 Å². The van der Waals surface area contributed by atoms with E-state index in [0.29, 0.717) is 5.90 Å². The van der Waals surface area contributed by atoms with Crippen LogP contribution in [0.4, 0.5) is 0 Å². The van der Waals surface area contributed by atoms with E-state index in [-0.39, 0.29) is 6.61 Å². The molecule has 1 unspecified atom stereocenters. The van der Waals surface area contributed by atoms with Gasteiger partial charge in [0, 0.05) is 18.0 Å². The Morgan fingerprint density at radius 2 is 2.21 bits per heavy atom. The van der Waals surface area contributed by atoms with Gasteiger partial charge in [0.05, 0.1) is 0 Å². The van der Waals surface area contributed by atoms with Crippen LogP contribution in [0.15, 0.2) is 29.5 Å². The molecule has 0 saturated carbocycles. The highest BCUT2D eigenvalue weighted by atomic mass is 16.5. The number of carboxylic acid groups (broad SMARTS) is 1. The molecule has 0 aromatic carbocycles. The van der Waals surface area contributed by atoms with Gasteiger partial charge in [0.1, 0.15) is 6.61 Å². The summed E-state index contributed by atoms with van der Waals surface area (Å²) in [6.07, 6.45) is 3.21. The van der Waals surface area contributed by atoms with E-state index in [1.807, 2.05) is 0 Å². The van der Waals surface area contributed by atoms with Gasteiger partial charge in [-0.15, -0.1) is 0 Å². The van der Waals surface area contributed by atoms with Gasteiger partial charge in [0.25, 0.3) is 0 Å². The van der Waals surface area contributed by atoms with Gasteiger partial charge in [-0.2, -0.15) is 0 Å². The second-order valence-corrected chi connectivity index (χ2v) is 2.84.